The van der Waals surface area contributed by atoms with Gasteiger partial charge in [0, 0.05) is 28.8 Å². The second-order valence-electron chi connectivity index (χ2n) is 5.97. The molecule has 0 bridgehead atoms. The molecule has 0 aliphatic carbocycles. The highest BCUT2D eigenvalue weighted by molar-refractivity contribution is 7.99. The Labute approximate surface area is 166 Å². The van der Waals surface area contributed by atoms with Gasteiger partial charge in [0.05, 0.1) is 11.3 Å². The molecule has 27 heavy (non-hydrogen) atoms. The molecule has 1 N–H and O–H groups in total. The van der Waals surface area contributed by atoms with Gasteiger partial charge in [0.25, 0.3) is 0 Å². The van der Waals surface area contributed by atoms with Gasteiger partial charge >= 0.3 is 0 Å². The number of hydrogen-bond donors (Lipinski definition) is 1. The van der Waals surface area contributed by atoms with Crippen LogP contribution in [0.15, 0.2) is 46.8 Å². The summed E-state index contributed by atoms with van der Waals surface area (Å²) in [5.41, 5.74) is 4.47. The Balaban J connectivity index is 1.54. The molecule has 7 heteroatoms. The molecular formula is C20H18N4OS2. The number of nitriles is 1. The number of nitrogens with zero attached hydrogens (tertiary/aromatic N) is 3. The molecule has 0 spiro atoms. The topological polar surface area (TPSA) is 78.7 Å². The van der Waals surface area contributed by atoms with Gasteiger partial charge in [0.2, 0.25) is 5.91 Å². The quantitative estimate of drug-likeness (QED) is 0.607. The van der Waals surface area contributed by atoms with Gasteiger partial charge in [-0.05, 0) is 26.0 Å². The second-order valence-corrected chi connectivity index (χ2v) is 7.91. The number of aromatic nitrogens is 2. The molecule has 0 saturated carbocycles. The van der Waals surface area contributed by atoms with Crippen LogP contribution < -0.4 is 5.32 Å². The number of benzene rings is 1. The summed E-state index contributed by atoms with van der Waals surface area (Å²) in [4.78, 5) is 21.0. The Hall–Kier alpha value is -2.69. The first kappa shape index (κ1) is 19.1. The second kappa shape index (κ2) is 8.80. The Morgan fingerprint density at radius 1 is 1.19 bits per heavy atom. The van der Waals surface area contributed by atoms with Crippen molar-refractivity contribution in [2.75, 3.05) is 11.1 Å². The van der Waals surface area contributed by atoms with Crippen LogP contribution in [-0.4, -0.2) is 21.6 Å². The van der Waals surface area contributed by atoms with Crippen molar-refractivity contribution in [3.63, 3.8) is 0 Å². The lowest BCUT2D eigenvalue weighted by atomic mass is 10.1. The van der Waals surface area contributed by atoms with Crippen molar-refractivity contribution < 1.29 is 4.79 Å². The number of thioether (sulfide) groups is 1. The summed E-state index contributed by atoms with van der Waals surface area (Å²) in [6.07, 6.45) is 0.324. The average molecular weight is 395 g/mol. The first-order chi connectivity index (χ1) is 13.0. The number of nitrogens with one attached hydrogen (secondary N) is 1. The standard InChI is InChI=1S/C20H18N4OS2/c1-13-3-6-15(7-4-13)17-12-27-20(23-17)24-18(25)9-10-26-19-16(11-21)8-5-14(2)22-19/h3-8,12H,9-10H2,1-2H3,(H,23,24,25). The van der Waals surface area contributed by atoms with E-state index in [4.69, 9.17) is 5.26 Å². The van der Waals surface area contributed by atoms with Crippen molar-refractivity contribution in [3.8, 4) is 17.3 Å². The third-order valence-corrected chi connectivity index (χ3v) is 5.54. The van der Waals surface area contributed by atoms with E-state index in [9.17, 15) is 4.79 Å². The van der Waals surface area contributed by atoms with Crippen molar-refractivity contribution in [2.45, 2.75) is 25.3 Å². The number of anilines is 1. The molecule has 0 aliphatic rings. The van der Waals surface area contributed by atoms with Gasteiger partial charge in [0.1, 0.15) is 11.1 Å². The van der Waals surface area contributed by atoms with Crippen LogP contribution in [0.4, 0.5) is 5.13 Å². The number of amides is 1. The zero-order valence-electron chi connectivity index (χ0n) is 15.0. The first-order valence-corrected chi connectivity index (χ1v) is 10.2. The van der Waals surface area contributed by atoms with Gasteiger partial charge < -0.3 is 5.32 Å². The van der Waals surface area contributed by atoms with E-state index in [1.54, 1.807) is 6.07 Å². The van der Waals surface area contributed by atoms with E-state index in [0.29, 0.717) is 27.9 Å². The minimum atomic E-state index is -0.0986. The van der Waals surface area contributed by atoms with Crippen LogP contribution in [0.1, 0.15) is 23.2 Å². The van der Waals surface area contributed by atoms with Crippen molar-refractivity contribution >= 4 is 34.1 Å². The minimum Gasteiger partial charge on any atom is -0.302 e. The lowest BCUT2D eigenvalue weighted by Gasteiger charge is -2.04. The lowest BCUT2D eigenvalue weighted by molar-refractivity contribution is -0.115. The molecule has 0 radical (unpaired) electrons. The molecule has 5 nitrogen and oxygen atoms in total. The number of carbonyl (C=O) groups is 1. The molecule has 2 aromatic heterocycles. The van der Waals surface area contributed by atoms with Gasteiger partial charge in [-0.15, -0.1) is 23.1 Å². The van der Waals surface area contributed by atoms with Gasteiger partial charge in [0.15, 0.2) is 5.13 Å². The summed E-state index contributed by atoms with van der Waals surface area (Å²) < 4.78 is 0. The number of carbonyl (C=O) groups excluding carboxylic acids is 1. The highest BCUT2D eigenvalue weighted by Gasteiger charge is 2.10. The Morgan fingerprint density at radius 3 is 2.70 bits per heavy atom. The van der Waals surface area contributed by atoms with Crippen molar-refractivity contribution in [2.24, 2.45) is 0 Å². The number of pyridine rings is 1. The van der Waals surface area contributed by atoms with Crippen LogP contribution in [0, 0.1) is 25.2 Å². The van der Waals surface area contributed by atoms with E-state index in [-0.39, 0.29) is 5.91 Å². The van der Waals surface area contributed by atoms with Gasteiger partial charge in [-0.3, -0.25) is 4.79 Å². The maximum absolute atomic E-state index is 12.2. The van der Waals surface area contributed by atoms with Crippen LogP contribution in [0.2, 0.25) is 0 Å². The SMILES string of the molecule is Cc1ccc(-c2csc(NC(=O)CCSc3nc(C)ccc3C#N)n2)cc1. The summed E-state index contributed by atoms with van der Waals surface area (Å²) >= 11 is 2.83. The molecule has 0 atom stereocenters. The normalized spacial score (nSPS) is 10.4. The molecular weight excluding hydrogens is 376 g/mol. The third kappa shape index (κ3) is 5.16. The molecule has 0 saturated heterocycles. The van der Waals surface area contributed by atoms with E-state index < -0.39 is 0 Å². The fourth-order valence-corrected chi connectivity index (χ4v) is 4.03. The number of hydrogen-bond acceptors (Lipinski definition) is 6. The molecule has 0 unspecified atom stereocenters. The molecule has 3 rings (SSSR count). The van der Waals surface area contributed by atoms with Crippen molar-refractivity contribution in [1.82, 2.24) is 9.97 Å². The minimum absolute atomic E-state index is 0.0986. The predicted molar refractivity (Wildman–Crippen MR) is 110 cm³/mol. The van der Waals surface area contributed by atoms with Crippen LogP contribution >= 0.6 is 23.1 Å². The molecule has 3 aromatic rings. The molecule has 136 valence electrons. The number of rotatable bonds is 6. The van der Waals surface area contributed by atoms with E-state index in [2.05, 4.69) is 21.4 Å². The zero-order chi connectivity index (χ0) is 19.2. The van der Waals surface area contributed by atoms with Gasteiger partial charge in [-0.1, -0.05) is 29.8 Å². The maximum Gasteiger partial charge on any atom is 0.226 e. The molecule has 1 aromatic carbocycles. The fraction of sp³-hybridized carbons (Fsp3) is 0.200. The highest BCUT2D eigenvalue weighted by atomic mass is 32.2. The van der Waals surface area contributed by atoms with Crippen LogP contribution in [0.5, 0.6) is 0 Å². The summed E-state index contributed by atoms with van der Waals surface area (Å²) in [5.74, 6) is 0.450. The Morgan fingerprint density at radius 2 is 1.96 bits per heavy atom. The molecule has 0 fully saturated rings. The average Bonchev–Trinajstić information content (AvgIpc) is 3.11. The monoisotopic (exact) mass is 394 g/mol. The third-order valence-electron chi connectivity index (χ3n) is 3.79. The molecule has 0 aliphatic heterocycles. The summed E-state index contributed by atoms with van der Waals surface area (Å²) in [6.45, 7) is 3.92. The van der Waals surface area contributed by atoms with Crippen molar-refractivity contribution in [1.29, 1.82) is 5.26 Å². The lowest BCUT2D eigenvalue weighted by Crippen LogP contribution is -2.12. The van der Waals surface area contributed by atoms with E-state index in [0.717, 1.165) is 17.0 Å². The molecule has 1 amide bonds. The highest BCUT2D eigenvalue weighted by Crippen LogP contribution is 2.26. The van der Waals surface area contributed by atoms with Crippen LogP contribution in [0.3, 0.4) is 0 Å². The fourth-order valence-electron chi connectivity index (χ4n) is 2.34. The van der Waals surface area contributed by atoms with Crippen LogP contribution in [0.25, 0.3) is 11.3 Å². The van der Waals surface area contributed by atoms with E-state index in [1.807, 2.05) is 49.6 Å². The number of thiazole rings is 1. The van der Waals surface area contributed by atoms with E-state index >= 15 is 0 Å². The Kier molecular flexibility index (Phi) is 6.22. The smallest absolute Gasteiger partial charge is 0.226 e. The summed E-state index contributed by atoms with van der Waals surface area (Å²) in [6, 6.07) is 13.8. The first-order valence-electron chi connectivity index (χ1n) is 8.38. The van der Waals surface area contributed by atoms with Crippen molar-refractivity contribution in [3.05, 3.63) is 58.6 Å². The molecule has 2 heterocycles. The predicted octanol–water partition coefficient (Wildman–Crippen LogP) is 4.81. The van der Waals surface area contributed by atoms with Gasteiger partial charge in [-0.2, -0.15) is 5.26 Å². The summed E-state index contributed by atoms with van der Waals surface area (Å²) in [5, 5.41) is 15.2. The van der Waals surface area contributed by atoms with Crippen LogP contribution in [-0.2, 0) is 4.79 Å². The summed E-state index contributed by atoms with van der Waals surface area (Å²) in [7, 11) is 0. The Bertz CT molecular complexity index is 990. The zero-order valence-corrected chi connectivity index (χ0v) is 16.7. The number of aryl methyl sites for hydroxylation is 2. The van der Waals surface area contributed by atoms with Gasteiger partial charge in [-0.25, -0.2) is 9.97 Å². The maximum atomic E-state index is 12.2. The largest absolute Gasteiger partial charge is 0.302 e. The van der Waals surface area contributed by atoms with E-state index in [1.165, 1.54) is 28.7 Å².